The summed E-state index contributed by atoms with van der Waals surface area (Å²) in [6.07, 6.45) is 1.95. The molecule has 0 spiro atoms. The Morgan fingerprint density at radius 1 is 1.18 bits per heavy atom. The Morgan fingerprint density at radius 2 is 1.95 bits per heavy atom. The molecule has 2 aromatic carbocycles. The molecule has 2 aliphatic heterocycles. The SMILES string of the molecule is Cc1ccc(OCc2ccc(CN3CCOCC3)cc2C#N)c(-c2csc(N3C[C@H]4CC[C@@H](C3)[C@H]4C(=O)O)n2)c1. The Bertz CT molecular complexity index is 1410. The fourth-order valence-corrected chi connectivity index (χ4v) is 7.26. The standard InChI is InChI=1S/C31H34N4O4S/c1-20-2-7-28(39-18-24-4-3-21(13-25(24)14-32)15-34-8-10-38-11-9-34)26(12-20)27-19-40-31(33-27)35-16-22-5-6-23(17-35)29(22)30(36)37/h2-4,7,12-13,19,22-23,29H,5-6,8-11,15-18H2,1H3,(H,36,37)/t22-,23+,29+. The third-order valence-electron chi connectivity index (χ3n) is 8.48. The van der Waals surface area contributed by atoms with E-state index >= 15 is 0 Å². The van der Waals surface area contributed by atoms with E-state index in [1.54, 1.807) is 11.3 Å². The van der Waals surface area contributed by atoms with Crippen molar-refractivity contribution in [1.29, 1.82) is 5.26 Å². The number of anilines is 1. The summed E-state index contributed by atoms with van der Waals surface area (Å²) in [6, 6.07) is 14.5. The number of rotatable bonds is 8. The van der Waals surface area contributed by atoms with Crippen LogP contribution in [-0.2, 0) is 22.7 Å². The first-order valence-electron chi connectivity index (χ1n) is 14.0. The highest BCUT2D eigenvalue weighted by Gasteiger charge is 2.46. The highest BCUT2D eigenvalue weighted by Crippen LogP contribution is 2.44. The molecule has 1 aliphatic carbocycles. The summed E-state index contributed by atoms with van der Waals surface area (Å²) >= 11 is 1.60. The predicted octanol–water partition coefficient (Wildman–Crippen LogP) is 4.95. The van der Waals surface area contributed by atoms with Gasteiger partial charge in [-0.25, -0.2) is 4.98 Å². The number of carboxylic acid groups (broad SMARTS) is 1. The van der Waals surface area contributed by atoms with Crippen molar-refractivity contribution >= 4 is 22.4 Å². The minimum Gasteiger partial charge on any atom is -0.488 e. The van der Waals surface area contributed by atoms with Crippen LogP contribution in [0.3, 0.4) is 0 Å². The molecule has 3 atom stereocenters. The molecule has 9 heteroatoms. The lowest BCUT2D eigenvalue weighted by Crippen LogP contribution is -2.44. The molecule has 1 aromatic heterocycles. The van der Waals surface area contributed by atoms with Crippen LogP contribution in [0.15, 0.2) is 41.8 Å². The number of piperidine rings is 1. The average molecular weight is 559 g/mol. The van der Waals surface area contributed by atoms with E-state index in [-0.39, 0.29) is 17.8 Å². The maximum absolute atomic E-state index is 11.7. The molecule has 1 N–H and O–H groups in total. The smallest absolute Gasteiger partial charge is 0.307 e. The van der Waals surface area contributed by atoms with Crippen LogP contribution in [0, 0.1) is 36.0 Å². The van der Waals surface area contributed by atoms with Crippen molar-refractivity contribution in [2.75, 3.05) is 44.3 Å². The summed E-state index contributed by atoms with van der Waals surface area (Å²) in [7, 11) is 0. The number of nitrogens with zero attached hydrogens (tertiary/aromatic N) is 4. The zero-order valence-corrected chi connectivity index (χ0v) is 23.5. The van der Waals surface area contributed by atoms with E-state index in [1.165, 1.54) is 0 Å². The average Bonchev–Trinajstić information content (AvgIpc) is 3.56. The third kappa shape index (κ3) is 5.57. The first-order valence-corrected chi connectivity index (χ1v) is 14.9. The first kappa shape index (κ1) is 26.8. The number of aryl methyl sites for hydroxylation is 1. The summed E-state index contributed by atoms with van der Waals surface area (Å²) in [5.74, 6) is 0.236. The van der Waals surface area contributed by atoms with Gasteiger partial charge in [0.25, 0.3) is 0 Å². The lowest BCUT2D eigenvalue weighted by atomic mass is 9.85. The van der Waals surface area contributed by atoms with Crippen molar-refractivity contribution in [1.82, 2.24) is 9.88 Å². The molecular formula is C31H34N4O4S. The molecule has 208 valence electrons. The van der Waals surface area contributed by atoms with Crippen molar-refractivity contribution < 1.29 is 19.4 Å². The van der Waals surface area contributed by atoms with Gasteiger partial charge in [-0.15, -0.1) is 11.3 Å². The minimum absolute atomic E-state index is 0.191. The number of thiazole rings is 1. The zero-order valence-electron chi connectivity index (χ0n) is 22.7. The van der Waals surface area contributed by atoms with E-state index in [2.05, 4.69) is 40.3 Å². The second-order valence-electron chi connectivity index (χ2n) is 11.2. The largest absolute Gasteiger partial charge is 0.488 e. The van der Waals surface area contributed by atoms with Crippen LogP contribution in [0.5, 0.6) is 5.75 Å². The molecule has 8 nitrogen and oxygen atoms in total. The lowest BCUT2D eigenvalue weighted by molar-refractivity contribution is -0.144. The summed E-state index contributed by atoms with van der Waals surface area (Å²) in [4.78, 5) is 21.3. The topological polar surface area (TPSA) is 98.9 Å². The molecular weight excluding hydrogens is 524 g/mol. The predicted molar refractivity (Wildman–Crippen MR) is 153 cm³/mol. The quantitative estimate of drug-likeness (QED) is 0.415. The maximum Gasteiger partial charge on any atom is 0.307 e. The molecule has 1 saturated carbocycles. The molecule has 3 aromatic rings. The second kappa shape index (κ2) is 11.6. The van der Waals surface area contributed by atoms with Crippen molar-refractivity contribution in [2.45, 2.75) is 32.9 Å². The summed E-state index contributed by atoms with van der Waals surface area (Å²) in [5.41, 5.74) is 5.50. The number of hydrogen-bond acceptors (Lipinski definition) is 8. The van der Waals surface area contributed by atoms with E-state index in [0.29, 0.717) is 12.2 Å². The Labute approximate surface area is 238 Å². The van der Waals surface area contributed by atoms with E-state index in [4.69, 9.17) is 14.5 Å². The molecule has 0 amide bonds. The van der Waals surface area contributed by atoms with Gasteiger partial charge in [-0.05, 0) is 55.4 Å². The molecule has 0 radical (unpaired) electrons. The number of nitriles is 1. The molecule has 3 heterocycles. The van der Waals surface area contributed by atoms with E-state index in [9.17, 15) is 15.2 Å². The Morgan fingerprint density at radius 3 is 2.67 bits per heavy atom. The molecule has 3 aliphatic rings. The van der Waals surface area contributed by atoms with Crippen molar-refractivity contribution in [2.24, 2.45) is 17.8 Å². The third-order valence-corrected chi connectivity index (χ3v) is 9.38. The molecule has 2 bridgehead atoms. The monoisotopic (exact) mass is 558 g/mol. The highest BCUT2D eigenvalue weighted by molar-refractivity contribution is 7.14. The van der Waals surface area contributed by atoms with Crippen molar-refractivity contribution in [3.05, 3.63) is 64.0 Å². The van der Waals surface area contributed by atoms with Crippen molar-refractivity contribution in [3.8, 4) is 23.1 Å². The van der Waals surface area contributed by atoms with Gasteiger partial charge in [0.15, 0.2) is 5.13 Å². The van der Waals surface area contributed by atoms with E-state index in [1.807, 2.05) is 24.3 Å². The minimum atomic E-state index is -0.653. The van der Waals surface area contributed by atoms with Crippen LogP contribution in [0.1, 0.15) is 35.1 Å². The number of benzene rings is 2. The molecule has 40 heavy (non-hydrogen) atoms. The van der Waals surface area contributed by atoms with Gasteiger partial charge in [0.2, 0.25) is 0 Å². The number of carboxylic acids is 1. The second-order valence-corrected chi connectivity index (χ2v) is 12.0. The highest BCUT2D eigenvalue weighted by atomic mass is 32.1. The van der Waals surface area contributed by atoms with Crippen LogP contribution < -0.4 is 9.64 Å². The van der Waals surface area contributed by atoms with Gasteiger partial charge in [0, 0.05) is 49.2 Å². The van der Waals surface area contributed by atoms with Gasteiger partial charge in [0.1, 0.15) is 12.4 Å². The Hall–Kier alpha value is -3.45. The summed E-state index contributed by atoms with van der Waals surface area (Å²) in [6.45, 7) is 7.96. The lowest BCUT2D eigenvalue weighted by Gasteiger charge is -2.35. The molecule has 2 saturated heterocycles. The fraction of sp³-hybridized carbons (Fsp3) is 0.452. The van der Waals surface area contributed by atoms with E-state index in [0.717, 1.165) is 97.6 Å². The van der Waals surface area contributed by atoms with Crippen LogP contribution in [0.2, 0.25) is 0 Å². The first-order chi connectivity index (χ1) is 19.5. The van der Waals surface area contributed by atoms with Crippen LogP contribution in [-0.4, -0.2) is 60.4 Å². The zero-order chi connectivity index (χ0) is 27.6. The Balaban J connectivity index is 1.17. The Kier molecular flexibility index (Phi) is 7.74. The van der Waals surface area contributed by atoms with Gasteiger partial charge in [0.05, 0.1) is 36.5 Å². The normalized spacial score (nSPS) is 22.7. The number of morpholine rings is 1. The van der Waals surface area contributed by atoms with Crippen LogP contribution in [0.25, 0.3) is 11.3 Å². The maximum atomic E-state index is 11.7. The summed E-state index contributed by atoms with van der Waals surface area (Å²) in [5, 5.41) is 22.5. The van der Waals surface area contributed by atoms with Crippen LogP contribution in [0.4, 0.5) is 5.13 Å². The van der Waals surface area contributed by atoms with E-state index < -0.39 is 5.97 Å². The molecule has 3 fully saturated rings. The summed E-state index contributed by atoms with van der Waals surface area (Å²) < 4.78 is 11.8. The van der Waals surface area contributed by atoms with Gasteiger partial charge >= 0.3 is 5.97 Å². The van der Waals surface area contributed by atoms with Gasteiger partial charge in [-0.2, -0.15) is 5.26 Å². The van der Waals surface area contributed by atoms with Crippen molar-refractivity contribution in [3.63, 3.8) is 0 Å². The van der Waals surface area contributed by atoms with Gasteiger partial charge < -0.3 is 19.5 Å². The molecule has 0 unspecified atom stereocenters. The number of ether oxygens (including phenoxy) is 2. The number of fused-ring (bicyclic) bond motifs is 2. The fourth-order valence-electron chi connectivity index (χ4n) is 6.41. The number of aromatic nitrogens is 1. The van der Waals surface area contributed by atoms with Crippen LogP contribution >= 0.6 is 11.3 Å². The number of carbonyl (C=O) groups is 1. The number of aliphatic carboxylic acids is 1. The number of hydrogen-bond donors (Lipinski definition) is 1. The molecule has 6 rings (SSSR count). The van der Waals surface area contributed by atoms with Gasteiger partial charge in [-0.1, -0.05) is 23.8 Å². The van der Waals surface area contributed by atoms with Gasteiger partial charge in [-0.3, -0.25) is 9.69 Å².